The summed E-state index contributed by atoms with van der Waals surface area (Å²) in [5.74, 6) is 0.511. The van der Waals surface area contributed by atoms with E-state index in [0.29, 0.717) is 15.9 Å². The summed E-state index contributed by atoms with van der Waals surface area (Å²) >= 11 is 3.14. The second-order valence-corrected chi connectivity index (χ2v) is 7.80. The van der Waals surface area contributed by atoms with Crippen molar-refractivity contribution < 1.29 is 13.3 Å². The number of rotatable bonds is 6. The van der Waals surface area contributed by atoms with Crippen LogP contribution in [0, 0.1) is 10.1 Å². The Morgan fingerprint density at radius 1 is 1.27 bits per heavy atom. The Balaban J connectivity index is 1.92. The van der Waals surface area contributed by atoms with E-state index in [2.05, 4.69) is 30.6 Å². The molecule has 134 valence electrons. The predicted octanol–water partition coefficient (Wildman–Crippen LogP) is 2.42. The van der Waals surface area contributed by atoms with E-state index in [0.717, 1.165) is 6.07 Å². The van der Waals surface area contributed by atoms with Gasteiger partial charge in [-0.15, -0.1) is 0 Å². The van der Waals surface area contributed by atoms with Crippen LogP contribution in [0.4, 0.5) is 5.69 Å². The minimum absolute atomic E-state index is 0.0899. The summed E-state index contributed by atoms with van der Waals surface area (Å²) in [7, 11) is -4.12. The Hall–Kier alpha value is -2.63. The number of hydrogen-bond donors (Lipinski definition) is 1. The second kappa shape index (κ2) is 7.32. The van der Waals surface area contributed by atoms with E-state index >= 15 is 0 Å². The van der Waals surface area contributed by atoms with Crippen molar-refractivity contribution in [1.82, 2.24) is 19.3 Å². The number of nitrogens with zero attached hydrogens (tertiary/aromatic N) is 4. The maximum Gasteiger partial charge on any atom is 0.289 e. The van der Waals surface area contributed by atoms with Gasteiger partial charge in [0.25, 0.3) is 5.69 Å². The van der Waals surface area contributed by atoms with Crippen molar-refractivity contribution in [3.8, 4) is 5.82 Å². The van der Waals surface area contributed by atoms with Crippen molar-refractivity contribution in [2.45, 2.75) is 11.4 Å². The van der Waals surface area contributed by atoms with Gasteiger partial charge in [-0.2, -0.15) is 0 Å². The first-order valence-corrected chi connectivity index (χ1v) is 9.52. The molecule has 0 aliphatic heterocycles. The highest BCUT2D eigenvalue weighted by Crippen LogP contribution is 2.27. The van der Waals surface area contributed by atoms with E-state index in [4.69, 9.17) is 0 Å². The molecule has 0 aliphatic rings. The molecule has 0 radical (unpaired) electrons. The van der Waals surface area contributed by atoms with Gasteiger partial charge < -0.3 is 0 Å². The van der Waals surface area contributed by atoms with Crippen molar-refractivity contribution in [3.63, 3.8) is 0 Å². The first-order valence-electron chi connectivity index (χ1n) is 7.24. The van der Waals surface area contributed by atoms with E-state index in [1.165, 1.54) is 12.1 Å². The molecule has 0 saturated heterocycles. The monoisotopic (exact) mass is 437 g/mol. The molecule has 0 fully saturated rings. The normalized spacial score (nSPS) is 11.4. The number of aromatic nitrogens is 3. The van der Waals surface area contributed by atoms with Crippen molar-refractivity contribution >= 4 is 31.6 Å². The van der Waals surface area contributed by atoms with Gasteiger partial charge in [0.15, 0.2) is 4.90 Å². The molecule has 0 bridgehead atoms. The van der Waals surface area contributed by atoms with Gasteiger partial charge in [0.2, 0.25) is 10.0 Å². The fourth-order valence-corrected chi connectivity index (χ4v) is 4.00. The molecule has 3 aromatic rings. The first kappa shape index (κ1) is 18.2. The van der Waals surface area contributed by atoms with Gasteiger partial charge in [0, 0.05) is 41.2 Å². The molecule has 0 unspecified atom stereocenters. The smallest absolute Gasteiger partial charge is 0.289 e. The third kappa shape index (κ3) is 3.79. The molecule has 1 aromatic carbocycles. The number of nitro groups is 1. The van der Waals surface area contributed by atoms with E-state index in [9.17, 15) is 18.5 Å². The zero-order valence-corrected chi connectivity index (χ0v) is 15.5. The van der Waals surface area contributed by atoms with Crippen LogP contribution in [0.3, 0.4) is 0 Å². The predicted molar refractivity (Wildman–Crippen MR) is 96.2 cm³/mol. The summed E-state index contributed by atoms with van der Waals surface area (Å²) in [5, 5.41) is 11.1. The number of sulfonamides is 1. The minimum atomic E-state index is -4.12. The van der Waals surface area contributed by atoms with Crippen LogP contribution in [0.5, 0.6) is 0 Å². The Morgan fingerprint density at radius 2 is 2.08 bits per heavy atom. The standard InChI is InChI=1S/C15H12BrN5O4S/c16-12-3-4-13(21(22)23)14(8-12)26(24,25)19-9-11-2-1-5-18-15(11)20-7-6-17-10-20/h1-8,10,19H,9H2. The molecule has 0 atom stereocenters. The van der Waals surface area contributed by atoms with Gasteiger partial charge >= 0.3 is 0 Å². The molecule has 9 nitrogen and oxygen atoms in total. The van der Waals surface area contributed by atoms with Crippen molar-refractivity contribution in [2.75, 3.05) is 0 Å². The average Bonchev–Trinajstić information content (AvgIpc) is 3.14. The van der Waals surface area contributed by atoms with E-state index < -0.39 is 25.5 Å². The quantitative estimate of drug-likeness (QED) is 0.466. The number of imidazole rings is 1. The van der Waals surface area contributed by atoms with Crippen LogP contribution in [-0.4, -0.2) is 27.9 Å². The fourth-order valence-electron chi connectivity index (χ4n) is 2.29. The topological polar surface area (TPSA) is 120 Å². The molecule has 2 aromatic heterocycles. The zero-order chi connectivity index (χ0) is 18.7. The first-order chi connectivity index (χ1) is 12.4. The van der Waals surface area contributed by atoms with Crippen LogP contribution in [0.25, 0.3) is 5.82 Å². The highest BCUT2D eigenvalue weighted by atomic mass is 79.9. The lowest BCUT2D eigenvalue weighted by atomic mass is 10.2. The Bertz CT molecular complexity index is 1050. The van der Waals surface area contributed by atoms with Gasteiger partial charge in [-0.1, -0.05) is 22.0 Å². The second-order valence-electron chi connectivity index (χ2n) is 5.15. The molecule has 3 rings (SSSR count). The molecular formula is C15H12BrN5O4S. The maximum absolute atomic E-state index is 12.6. The number of pyridine rings is 1. The number of benzene rings is 1. The molecule has 0 amide bonds. The van der Waals surface area contributed by atoms with Gasteiger partial charge in [0.1, 0.15) is 12.1 Å². The Morgan fingerprint density at radius 3 is 2.77 bits per heavy atom. The summed E-state index contributed by atoms with van der Waals surface area (Å²) in [6.07, 6.45) is 6.37. The minimum Gasteiger partial charge on any atom is -0.290 e. The highest BCUT2D eigenvalue weighted by molar-refractivity contribution is 9.10. The summed E-state index contributed by atoms with van der Waals surface area (Å²) in [6.45, 7) is -0.0899. The van der Waals surface area contributed by atoms with Crippen LogP contribution < -0.4 is 4.72 Å². The van der Waals surface area contributed by atoms with Crippen LogP contribution in [0.2, 0.25) is 0 Å². The fraction of sp³-hybridized carbons (Fsp3) is 0.0667. The SMILES string of the molecule is O=[N+]([O-])c1ccc(Br)cc1S(=O)(=O)NCc1cccnc1-n1ccnc1. The number of nitrogens with one attached hydrogen (secondary N) is 1. The molecule has 26 heavy (non-hydrogen) atoms. The number of nitro benzene ring substituents is 1. The largest absolute Gasteiger partial charge is 0.290 e. The lowest BCUT2D eigenvalue weighted by Crippen LogP contribution is -2.25. The summed E-state index contributed by atoms with van der Waals surface area (Å²) in [4.78, 5) is 18.2. The molecular weight excluding hydrogens is 426 g/mol. The lowest BCUT2D eigenvalue weighted by Gasteiger charge is -2.11. The zero-order valence-electron chi connectivity index (χ0n) is 13.1. The molecule has 0 saturated carbocycles. The molecule has 1 N–H and O–H groups in total. The summed E-state index contributed by atoms with van der Waals surface area (Å²) in [6, 6.07) is 7.13. The summed E-state index contributed by atoms with van der Waals surface area (Å²) < 4.78 is 29.7. The molecule has 0 spiro atoms. The molecule has 0 aliphatic carbocycles. The third-order valence-electron chi connectivity index (χ3n) is 3.48. The summed E-state index contributed by atoms with van der Waals surface area (Å²) in [5.41, 5.74) is 0.0912. The lowest BCUT2D eigenvalue weighted by molar-refractivity contribution is -0.387. The van der Waals surface area contributed by atoms with Crippen molar-refractivity contribution in [3.05, 3.63) is 75.4 Å². The van der Waals surface area contributed by atoms with E-state index in [-0.39, 0.29) is 6.54 Å². The highest BCUT2D eigenvalue weighted by Gasteiger charge is 2.26. The van der Waals surface area contributed by atoms with Crippen LogP contribution in [0.15, 0.2) is 64.6 Å². The van der Waals surface area contributed by atoms with Gasteiger partial charge in [-0.05, 0) is 18.2 Å². The van der Waals surface area contributed by atoms with Crippen LogP contribution in [0.1, 0.15) is 5.56 Å². The number of halogens is 1. The Kier molecular flexibility index (Phi) is 5.11. The van der Waals surface area contributed by atoms with Gasteiger partial charge in [-0.3, -0.25) is 14.7 Å². The van der Waals surface area contributed by atoms with Gasteiger partial charge in [0.05, 0.1) is 4.92 Å². The van der Waals surface area contributed by atoms with Gasteiger partial charge in [-0.25, -0.2) is 23.1 Å². The average molecular weight is 438 g/mol. The van der Waals surface area contributed by atoms with Crippen LogP contribution in [-0.2, 0) is 16.6 Å². The van der Waals surface area contributed by atoms with Crippen molar-refractivity contribution in [1.29, 1.82) is 0 Å². The third-order valence-corrected chi connectivity index (χ3v) is 5.40. The van der Waals surface area contributed by atoms with Crippen LogP contribution >= 0.6 is 15.9 Å². The van der Waals surface area contributed by atoms with Crippen molar-refractivity contribution in [2.24, 2.45) is 0 Å². The molecule has 2 heterocycles. The Labute approximate surface area is 157 Å². The maximum atomic E-state index is 12.6. The van der Waals surface area contributed by atoms with E-state index in [1.54, 1.807) is 41.6 Å². The number of hydrogen-bond acceptors (Lipinski definition) is 6. The molecule has 11 heteroatoms. The van der Waals surface area contributed by atoms with E-state index in [1.807, 2.05) is 0 Å².